The summed E-state index contributed by atoms with van der Waals surface area (Å²) < 4.78 is 5.77. The van der Waals surface area contributed by atoms with Crippen molar-refractivity contribution in [3.05, 3.63) is 64.7 Å². The Morgan fingerprint density at radius 3 is 2.87 bits per heavy atom. The van der Waals surface area contributed by atoms with Crippen molar-refractivity contribution < 1.29 is 14.5 Å². The summed E-state index contributed by atoms with van der Waals surface area (Å²) in [4.78, 5) is 29.9. The van der Waals surface area contributed by atoms with Crippen molar-refractivity contribution in [3.8, 4) is 5.75 Å². The number of anilines is 2. The first kappa shape index (κ1) is 20.6. The second-order valence-corrected chi connectivity index (χ2v) is 7.68. The maximum Gasteiger partial charge on any atom is 0.271 e. The minimum absolute atomic E-state index is 0.0866. The summed E-state index contributed by atoms with van der Waals surface area (Å²) in [5, 5.41) is 14.5. The topological polar surface area (TPSA) is 97.6 Å². The first-order valence-electron chi connectivity index (χ1n) is 10.3. The Bertz CT molecular complexity index is 1120. The number of hydrogen-bond donors (Lipinski definition) is 1. The van der Waals surface area contributed by atoms with E-state index in [0.717, 1.165) is 30.6 Å². The van der Waals surface area contributed by atoms with Crippen molar-refractivity contribution in [2.24, 2.45) is 0 Å². The molecule has 2 heterocycles. The van der Waals surface area contributed by atoms with Gasteiger partial charge in [0.25, 0.3) is 11.6 Å². The van der Waals surface area contributed by atoms with Gasteiger partial charge in [0.2, 0.25) is 0 Å². The summed E-state index contributed by atoms with van der Waals surface area (Å²) in [5.74, 6) is 1.04. The van der Waals surface area contributed by atoms with Gasteiger partial charge in [0.1, 0.15) is 17.1 Å². The van der Waals surface area contributed by atoms with Crippen LogP contribution in [0.2, 0.25) is 0 Å². The summed E-state index contributed by atoms with van der Waals surface area (Å²) >= 11 is 0. The molecule has 1 N–H and O–H groups in total. The highest BCUT2D eigenvalue weighted by atomic mass is 16.6. The molecule has 4 rings (SSSR count). The average molecular weight is 420 g/mol. The van der Waals surface area contributed by atoms with Gasteiger partial charge in [-0.05, 0) is 50.5 Å². The molecule has 0 spiro atoms. The van der Waals surface area contributed by atoms with Crippen molar-refractivity contribution in [1.29, 1.82) is 0 Å². The molecule has 0 radical (unpaired) electrons. The van der Waals surface area contributed by atoms with E-state index in [4.69, 9.17) is 9.72 Å². The van der Waals surface area contributed by atoms with Gasteiger partial charge in [0.15, 0.2) is 6.61 Å². The standard InChI is InChI=1S/C23H24N4O4/c1-16-6-2-3-13-26(16)21-12-11-17-7-4-10-20(23(17)25-21)31-15-22(28)24-18-8-5-9-19(14-18)27(29)30/h4-5,7-12,14,16H,2-3,6,13,15H2,1H3,(H,24,28). The number of nitrogens with zero attached hydrogens (tertiary/aromatic N) is 3. The molecule has 1 aliphatic heterocycles. The highest BCUT2D eigenvalue weighted by Gasteiger charge is 2.20. The van der Waals surface area contributed by atoms with Gasteiger partial charge in [-0.3, -0.25) is 14.9 Å². The van der Waals surface area contributed by atoms with Crippen molar-refractivity contribution in [1.82, 2.24) is 4.98 Å². The molecule has 1 saturated heterocycles. The Kier molecular flexibility index (Phi) is 5.97. The normalized spacial score (nSPS) is 16.2. The van der Waals surface area contributed by atoms with Crippen LogP contribution in [0.4, 0.5) is 17.2 Å². The molecule has 0 saturated carbocycles. The molecule has 160 valence electrons. The van der Waals surface area contributed by atoms with Crippen LogP contribution >= 0.6 is 0 Å². The first-order chi connectivity index (χ1) is 15.0. The second kappa shape index (κ2) is 8.99. The monoisotopic (exact) mass is 420 g/mol. The van der Waals surface area contributed by atoms with Gasteiger partial charge < -0.3 is 15.0 Å². The number of hydrogen-bond acceptors (Lipinski definition) is 6. The lowest BCUT2D eigenvalue weighted by molar-refractivity contribution is -0.384. The zero-order chi connectivity index (χ0) is 21.8. The fourth-order valence-electron chi connectivity index (χ4n) is 3.86. The Balaban J connectivity index is 1.49. The lowest BCUT2D eigenvalue weighted by Crippen LogP contribution is -2.37. The molecule has 1 unspecified atom stereocenters. The number of ether oxygens (including phenoxy) is 1. The Morgan fingerprint density at radius 2 is 2.06 bits per heavy atom. The molecule has 8 heteroatoms. The molecule has 1 fully saturated rings. The van der Waals surface area contributed by atoms with Crippen molar-refractivity contribution in [2.45, 2.75) is 32.2 Å². The van der Waals surface area contributed by atoms with Gasteiger partial charge in [0, 0.05) is 35.8 Å². The molecule has 0 aliphatic carbocycles. The summed E-state index contributed by atoms with van der Waals surface area (Å²) in [6.45, 7) is 2.97. The quantitative estimate of drug-likeness (QED) is 0.464. The Labute approximate surface area is 180 Å². The van der Waals surface area contributed by atoms with Gasteiger partial charge in [-0.25, -0.2) is 4.98 Å². The minimum Gasteiger partial charge on any atom is -0.481 e. The van der Waals surface area contributed by atoms with E-state index in [1.54, 1.807) is 12.1 Å². The smallest absolute Gasteiger partial charge is 0.271 e. The number of benzene rings is 2. The number of nitrogens with one attached hydrogen (secondary N) is 1. The van der Waals surface area contributed by atoms with E-state index in [9.17, 15) is 14.9 Å². The third-order valence-electron chi connectivity index (χ3n) is 5.47. The third kappa shape index (κ3) is 4.74. The predicted octanol–water partition coefficient (Wildman–Crippen LogP) is 4.54. The summed E-state index contributed by atoms with van der Waals surface area (Å²) in [6, 6.07) is 15.9. The number of nitro benzene ring substituents is 1. The molecule has 1 aliphatic rings. The fraction of sp³-hybridized carbons (Fsp3) is 0.304. The molecule has 3 aromatic rings. The van der Waals surface area contributed by atoms with Crippen molar-refractivity contribution >= 4 is 34.0 Å². The zero-order valence-electron chi connectivity index (χ0n) is 17.3. The van der Waals surface area contributed by atoms with E-state index >= 15 is 0 Å². The number of amides is 1. The molecule has 31 heavy (non-hydrogen) atoms. The largest absolute Gasteiger partial charge is 0.481 e. The van der Waals surface area contributed by atoms with Crippen LogP contribution in [0.1, 0.15) is 26.2 Å². The number of rotatable bonds is 6. The summed E-state index contributed by atoms with van der Waals surface area (Å²) in [6.07, 6.45) is 3.54. The number of piperidine rings is 1. The lowest BCUT2D eigenvalue weighted by atomic mass is 10.0. The van der Waals surface area contributed by atoms with Crippen LogP contribution in [0.25, 0.3) is 10.9 Å². The van der Waals surface area contributed by atoms with Crippen LogP contribution in [-0.2, 0) is 4.79 Å². The minimum atomic E-state index is -0.505. The molecule has 1 aromatic heterocycles. The van der Waals surface area contributed by atoms with Crippen LogP contribution in [0.15, 0.2) is 54.6 Å². The van der Waals surface area contributed by atoms with Gasteiger partial charge in [-0.2, -0.15) is 0 Å². The van der Waals surface area contributed by atoms with Crippen LogP contribution in [-0.4, -0.2) is 35.0 Å². The molecule has 1 amide bonds. The summed E-state index contributed by atoms with van der Waals surface area (Å²) in [5.41, 5.74) is 0.970. The van der Waals surface area contributed by atoms with E-state index in [-0.39, 0.29) is 12.3 Å². The highest BCUT2D eigenvalue weighted by Crippen LogP contribution is 2.29. The number of fused-ring (bicyclic) bond motifs is 1. The van der Waals surface area contributed by atoms with E-state index in [1.165, 1.54) is 24.6 Å². The maximum atomic E-state index is 12.3. The van der Waals surface area contributed by atoms with Crippen molar-refractivity contribution in [2.75, 3.05) is 23.4 Å². The van der Waals surface area contributed by atoms with E-state index in [2.05, 4.69) is 17.1 Å². The second-order valence-electron chi connectivity index (χ2n) is 7.68. The van der Waals surface area contributed by atoms with Gasteiger partial charge in [-0.1, -0.05) is 18.2 Å². The van der Waals surface area contributed by atoms with Gasteiger partial charge in [0.05, 0.1) is 4.92 Å². The molecular formula is C23H24N4O4. The molecule has 8 nitrogen and oxygen atoms in total. The van der Waals surface area contributed by atoms with E-state index in [1.807, 2.05) is 24.3 Å². The number of non-ortho nitro benzene ring substituents is 1. The lowest BCUT2D eigenvalue weighted by Gasteiger charge is -2.34. The molecule has 0 bridgehead atoms. The summed E-state index contributed by atoms with van der Waals surface area (Å²) in [7, 11) is 0. The van der Waals surface area contributed by atoms with Crippen LogP contribution in [0, 0.1) is 10.1 Å². The van der Waals surface area contributed by atoms with Crippen LogP contribution < -0.4 is 15.0 Å². The van der Waals surface area contributed by atoms with Crippen LogP contribution in [0.5, 0.6) is 5.75 Å². The number of para-hydroxylation sites is 1. The molecule has 2 aromatic carbocycles. The SMILES string of the molecule is CC1CCCCN1c1ccc2cccc(OCC(=O)Nc3cccc([N+](=O)[O-])c3)c2n1. The van der Waals surface area contributed by atoms with Gasteiger partial charge in [-0.15, -0.1) is 0 Å². The van der Waals surface area contributed by atoms with Gasteiger partial charge >= 0.3 is 0 Å². The predicted molar refractivity (Wildman–Crippen MR) is 120 cm³/mol. The van der Waals surface area contributed by atoms with Crippen molar-refractivity contribution in [3.63, 3.8) is 0 Å². The average Bonchev–Trinajstić information content (AvgIpc) is 2.78. The first-order valence-corrected chi connectivity index (χ1v) is 10.3. The number of carbonyl (C=O) groups is 1. The fourth-order valence-corrected chi connectivity index (χ4v) is 3.86. The Hall–Kier alpha value is -3.68. The number of carbonyl (C=O) groups excluding carboxylic acids is 1. The number of pyridine rings is 1. The van der Waals surface area contributed by atoms with E-state index < -0.39 is 10.8 Å². The molecule has 1 atom stereocenters. The Morgan fingerprint density at radius 1 is 1.23 bits per heavy atom. The van der Waals surface area contributed by atoms with Crippen LogP contribution in [0.3, 0.4) is 0 Å². The highest BCUT2D eigenvalue weighted by molar-refractivity contribution is 5.93. The zero-order valence-corrected chi connectivity index (χ0v) is 17.3. The molecular weight excluding hydrogens is 396 g/mol. The maximum absolute atomic E-state index is 12.3. The van der Waals surface area contributed by atoms with E-state index in [0.29, 0.717) is 23.0 Å². The number of aromatic nitrogens is 1. The number of nitro groups is 1. The third-order valence-corrected chi connectivity index (χ3v) is 5.47.